The fourth-order valence-electron chi connectivity index (χ4n) is 3.47. The molecule has 0 unspecified atom stereocenters. The molecule has 2 aromatic rings. The van der Waals surface area contributed by atoms with E-state index in [2.05, 4.69) is 27.1 Å². The number of carbonyl (C=O) groups excluding carboxylic acids is 1. The lowest BCUT2D eigenvalue weighted by Crippen LogP contribution is -2.47. The molecule has 1 saturated heterocycles. The number of benzene rings is 1. The number of carbonyl (C=O) groups is 1. The number of nitrogens with one attached hydrogen (secondary N) is 1. The van der Waals surface area contributed by atoms with Crippen LogP contribution in [0.1, 0.15) is 12.0 Å². The Morgan fingerprint density at radius 3 is 2.86 bits per heavy atom. The van der Waals surface area contributed by atoms with E-state index >= 15 is 0 Å². The zero-order valence-corrected chi connectivity index (χ0v) is 16.2. The van der Waals surface area contributed by atoms with Crippen molar-refractivity contribution in [1.29, 1.82) is 0 Å². The van der Waals surface area contributed by atoms with Gasteiger partial charge in [-0.05, 0) is 49.7 Å². The van der Waals surface area contributed by atoms with E-state index in [0.29, 0.717) is 18.1 Å². The first-order chi connectivity index (χ1) is 13.7. The van der Waals surface area contributed by atoms with Crippen molar-refractivity contribution in [2.24, 2.45) is 0 Å². The van der Waals surface area contributed by atoms with Crippen LogP contribution in [0.4, 0.5) is 5.82 Å². The van der Waals surface area contributed by atoms with Gasteiger partial charge < -0.3 is 19.7 Å². The van der Waals surface area contributed by atoms with Crippen molar-refractivity contribution in [2.45, 2.75) is 12.8 Å². The van der Waals surface area contributed by atoms with Crippen LogP contribution >= 0.6 is 0 Å². The molecule has 28 heavy (non-hydrogen) atoms. The van der Waals surface area contributed by atoms with Gasteiger partial charge in [-0.3, -0.25) is 9.69 Å². The lowest BCUT2D eigenvalue weighted by molar-refractivity contribution is -0.117. The van der Waals surface area contributed by atoms with E-state index < -0.39 is 0 Å². The zero-order valence-electron chi connectivity index (χ0n) is 16.2. The lowest BCUT2D eigenvalue weighted by atomic mass is 10.1. The Bertz CT molecular complexity index is 834. The van der Waals surface area contributed by atoms with Gasteiger partial charge in [-0.1, -0.05) is 0 Å². The lowest BCUT2D eigenvalue weighted by Gasteiger charge is -2.31. The summed E-state index contributed by atoms with van der Waals surface area (Å²) in [6.45, 7) is 4.94. The molecule has 1 fully saturated rings. The van der Waals surface area contributed by atoms with E-state index in [1.807, 2.05) is 18.2 Å². The average Bonchev–Trinajstić information content (AvgIpc) is 2.70. The minimum absolute atomic E-state index is 0.0554. The standard InChI is InChI=1S/C21H26N4O3/c1-24-8-10-25(11-9-24)15-21(26)23-20-14-18(6-7-22-20)28-17-4-5-19-16(13-17)3-2-12-27-19/h4-7,13-14H,2-3,8-12,15H2,1H3,(H,22,23,26). The topological polar surface area (TPSA) is 66.9 Å². The number of pyridine rings is 1. The number of nitrogens with zero attached hydrogens (tertiary/aromatic N) is 3. The third kappa shape index (κ3) is 4.79. The van der Waals surface area contributed by atoms with Gasteiger partial charge in [0.2, 0.25) is 5.91 Å². The van der Waals surface area contributed by atoms with Gasteiger partial charge in [-0.2, -0.15) is 0 Å². The molecule has 0 aliphatic carbocycles. The number of likely N-dealkylation sites (N-methyl/N-ethyl adjacent to an activating group) is 1. The number of amides is 1. The van der Waals surface area contributed by atoms with Gasteiger partial charge in [-0.25, -0.2) is 4.98 Å². The molecular formula is C21H26N4O3. The molecule has 2 aliphatic heterocycles. The molecule has 0 atom stereocenters. The first-order valence-corrected chi connectivity index (χ1v) is 9.76. The van der Waals surface area contributed by atoms with Crippen molar-refractivity contribution >= 4 is 11.7 Å². The van der Waals surface area contributed by atoms with Gasteiger partial charge in [-0.15, -0.1) is 0 Å². The van der Waals surface area contributed by atoms with E-state index in [9.17, 15) is 4.79 Å². The maximum absolute atomic E-state index is 12.3. The Kier molecular flexibility index (Phi) is 5.73. The summed E-state index contributed by atoms with van der Waals surface area (Å²) in [5.41, 5.74) is 1.17. The first-order valence-electron chi connectivity index (χ1n) is 9.76. The van der Waals surface area contributed by atoms with E-state index in [0.717, 1.165) is 57.1 Å². The maximum Gasteiger partial charge on any atom is 0.239 e. The highest BCUT2D eigenvalue weighted by atomic mass is 16.5. The van der Waals surface area contributed by atoms with Crippen LogP contribution in [-0.4, -0.2) is 67.1 Å². The molecule has 1 aromatic heterocycles. The molecule has 1 aromatic carbocycles. The van der Waals surface area contributed by atoms with Crippen LogP contribution in [0, 0.1) is 0 Å². The van der Waals surface area contributed by atoms with E-state index in [1.54, 1.807) is 18.3 Å². The molecule has 7 heteroatoms. The van der Waals surface area contributed by atoms with Crippen LogP contribution in [-0.2, 0) is 11.2 Å². The Hall–Kier alpha value is -2.64. The van der Waals surface area contributed by atoms with E-state index in [-0.39, 0.29) is 5.91 Å². The van der Waals surface area contributed by atoms with Crippen LogP contribution in [0.3, 0.4) is 0 Å². The van der Waals surface area contributed by atoms with Crippen LogP contribution in [0.5, 0.6) is 17.2 Å². The van der Waals surface area contributed by atoms with Crippen molar-refractivity contribution in [1.82, 2.24) is 14.8 Å². The number of aryl methyl sites for hydroxylation is 1. The van der Waals surface area contributed by atoms with Gasteiger partial charge in [0.25, 0.3) is 0 Å². The Morgan fingerprint density at radius 1 is 1.18 bits per heavy atom. The van der Waals surface area contributed by atoms with Gasteiger partial charge in [0.15, 0.2) is 0 Å². The summed E-state index contributed by atoms with van der Waals surface area (Å²) >= 11 is 0. The second kappa shape index (κ2) is 8.58. The van der Waals surface area contributed by atoms with Crippen molar-refractivity contribution in [2.75, 3.05) is 51.7 Å². The van der Waals surface area contributed by atoms with Crippen LogP contribution in [0.2, 0.25) is 0 Å². The highest BCUT2D eigenvalue weighted by molar-refractivity contribution is 5.91. The molecule has 1 N–H and O–H groups in total. The third-order valence-corrected chi connectivity index (χ3v) is 5.08. The van der Waals surface area contributed by atoms with Gasteiger partial charge in [0.1, 0.15) is 23.1 Å². The molecule has 148 valence electrons. The molecule has 4 rings (SSSR count). The van der Waals surface area contributed by atoms with Gasteiger partial charge in [0.05, 0.1) is 13.2 Å². The minimum Gasteiger partial charge on any atom is -0.493 e. The number of piperazine rings is 1. The van der Waals surface area contributed by atoms with Crippen molar-refractivity contribution in [3.05, 3.63) is 42.1 Å². The number of hydrogen-bond acceptors (Lipinski definition) is 6. The van der Waals surface area contributed by atoms with Crippen molar-refractivity contribution < 1.29 is 14.3 Å². The molecule has 0 radical (unpaired) electrons. The van der Waals surface area contributed by atoms with Gasteiger partial charge >= 0.3 is 0 Å². The number of hydrogen-bond donors (Lipinski definition) is 1. The maximum atomic E-state index is 12.3. The fourth-order valence-corrected chi connectivity index (χ4v) is 3.47. The summed E-state index contributed by atoms with van der Waals surface area (Å²) in [6.07, 6.45) is 3.66. The fraction of sp³-hybridized carbons (Fsp3) is 0.429. The summed E-state index contributed by atoms with van der Waals surface area (Å²) in [4.78, 5) is 21.0. The summed E-state index contributed by atoms with van der Waals surface area (Å²) in [5.74, 6) is 2.77. The summed E-state index contributed by atoms with van der Waals surface area (Å²) in [6, 6.07) is 9.39. The quantitative estimate of drug-likeness (QED) is 0.857. The Balaban J connectivity index is 1.35. The highest BCUT2D eigenvalue weighted by Gasteiger charge is 2.17. The SMILES string of the molecule is CN1CCN(CC(=O)Nc2cc(Oc3ccc4c(c3)CCCO4)ccn2)CC1. The minimum atomic E-state index is -0.0554. The molecule has 2 aliphatic rings. The predicted molar refractivity (Wildman–Crippen MR) is 107 cm³/mol. The molecular weight excluding hydrogens is 356 g/mol. The number of anilines is 1. The number of aromatic nitrogens is 1. The summed E-state index contributed by atoms with van der Waals surface area (Å²) in [5, 5.41) is 2.87. The zero-order chi connectivity index (χ0) is 19.3. The molecule has 3 heterocycles. The van der Waals surface area contributed by atoms with Crippen LogP contribution in [0.25, 0.3) is 0 Å². The predicted octanol–water partition coefficient (Wildman–Crippen LogP) is 2.38. The second-order valence-electron chi connectivity index (χ2n) is 7.33. The smallest absolute Gasteiger partial charge is 0.239 e. The molecule has 0 bridgehead atoms. The number of ether oxygens (including phenoxy) is 2. The Labute approximate surface area is 165 Å². The highest BCUT2D eigenvalue weighted by Crippen LogP contribution is 2.31. The van der Waals surface area contributed by atoms with Gasteiger partial charge in [0, 0.05) is 38.4 Å². The largest absolute Gasteiger partial charge is 0.493 e. The first kappa shape index (κ1) is 18.7. The van der Waals surface area contributed by atoms with Crippen molar-refractivity contribution in [3.63, 3.8) is 0 Å². The second-order valence-corrected chi connectivity index (χ2v) is 7.33. The van der Waals surface area contributed by atoms with E-state index in [1.165, 1.54) is 5.56 Å². The molecule has 0 saturated carbocycles. The van der Waals surface area contributed by atoms with Crippen LogP contribution < -0.4 is 14.8 Å². The van der Waals surface area contributed by atoms with E-state index in [4.69, 9.17) is 9.47 Å². The summed E-state index contributed by atoms with van der Waals surface area (Å²) < 4.78 is 11.6. The monoisotopic (exact) mass is 382 g/mol. The third-order valence-electron chi connectivity index (χ3n) is 5.08. The Morgan fingerprint density at radius 2 is 2.00 bits per heavy atom. The average molecular weight is 382 g/mol. The van der Waals surface area contributed by atoms with Crippen LogP contribution in [0.15, 0.2) is 36.5 Å². The number of rotatable bonds is 5. The molecule has 0 spiro atoms. The molecule has 1 amide bonds. The summed E-state index contributed by atoms with van der Waals surface area (Å²) in [7, 11) is 2.10. The van der Waals surface area contributed by atoms with Crippen molar-refractivity contribution in [3.8, 4) is 17.2 Å². The molecule has 7 nitrogen and oxygen atoms in total. The normalized spacial score (nSPS) is 17.5. The number of fused-ring (bicyclic) bond motifs is 1.